The van der Waals surface area contributed by atoms with E-state index in [2.05, 4.69) is 19.9 Å². The monoisotopic (exact) mass is 147 g/mol. The molecule has 0 aromatic carbocycles. The molecule has 1 unspecified atom stereocenters. The van der Waals surface area contributed by atoms with Crippen molar-refractivity contribution in [2.24, 2.45) is 5.92 Å². The summed E-state index contributed by atoms with van der Waals surface area (Å²) >= 11 is 0. The van der Waals surface area contributed by atoms with Gasteiger partial charge >= 0.3 is 0 Å². The van der Waals surface area contributed by atoms with Gasteiger partial charge in [-0.3, -0.25) is 0 Å². The van der Waals surface area contributed by atoms with E-state index < -0.39 is 0 Å². The number of hydrogen-bond acceptors (Lipinski definition) is 1. The van der Waals surface area contributed by atoms with Crippen LogP contribution in [0, 0.1) is 17.2 Å². The Balaban J connectivity index is 0. The Morgan fingerprint density at radius 1 is 1.44 bits per heavy atom. The Hall–Kier alpha value is -0.220. The number of nitrogens with zero attached hydrogens (tertiary/aromatic N) is 1. The second-order valence-electron chi connectivity index (χ2n) is 2.02. The van der Waals surface area contributed by atoms with E-state index in [0.29, 0.717) is 5.92 Å². The maximum absolute atomic E-state index is 8.41. The van der Waals surface area contributed by atoms with E-state index in [4.69, 9.17) is 5.26 Å². The average molecular weight is 148 g/mol. The van der Waals surface area contributed by atoms with Gasteiger partial charge in [-0.15, -0.1) is 12.4 Å². The zero-order chi connectivity index (χ0) is 6.41. The molecule has 9 heavy (non-hydrogen) atoms. The smallest absolute Gasteiger partial charge is 0.0655 e. The second kappa shape index (κ2) is 7.78. The van der Waals surface area contributed by atoms with Crippen LogP contribution in [0.1, 0.15) is 33.1 Å². The lowest BCUT2D eigenvalue weighted by atomic mass is 10.0. The van der Waals surface area contributed by atoms with Gasteiger partial charge in [0.25, 0.3) is 0 Å². The summed E-state index contributed by atoms with van der Waals surface area (Å²) in [5, 5.41) is 8.41. The number of halogens is 1. The van der Waals surface area contributed by atoms with Crippen LogP contribution < -0.4 is 0 Å². The Kier molecular flexibility index (Phi) is 9.99. The van der Waals surface area contributed by atoms with Gasteiger partial charge < -0.3 is 0 Å². The summed E-state index contributed by atoms with van der Waals surface area (Å²) in [4.78, 5) is 0. The van der Waals surface area contributed by atoms with E-state index in [1.54, 1.807) is 0 Å². The topological polar surface area (TPSA) is 23.8 Å². The first-order valence-corrected chi connectivity index (χ1v) is 3.24. The molecule has 0 aliphatic carbocycles. The quantitative estimate of drug-likeness (QED) is 0.602. The minimum Gasteiger partial charge on any atom is -0.198 e. The van der Waals surface area contributed by atoms with Crippen molar-refractivity contribution in [3.05, 3.63) is 0 Å². The molecule has 1 atom stereocenters. The van der Waals surface area contributed by atoms with E-state index in [1.165, 1.54) is 0 Å². The Morgan fingerprint density at radius 2 is 2.00 bits per heavy atom. The minimum absolute atomic E-state index is 0. The third-order valence-electron chi connectivity index (χ3n) is 1.31. The molecule has 0 N–H and O–H groups in total. The molecule has 0 rings (SSSR count). The minimum atomic E-state index is 0. The van der Waals surface area contributed by atoms with Gasteiger partial charge in [-0.05, 0) is 12.8 Å². The highest BCUT2D eigenvalue weighted by atomic mass is 35.5. The van der Waals surface area contributed by atoms with Crippen molar-refractivity contribution in [2.45, 2.75) is 33.1 Å². The lowest BCUT2D eigenvalue weighted by Crippen LogP contribution is -1.91. The zero-order valence-electron chi connectivity index (χ0n) is 6.05. The van der Waals surface area contributed by atoms with Crippen LogP contribution in [0.3, 0.4) is 0 Å². The largest absolute Gasteiger partial charge is 0.198 e. The molecular formula is C7H14ClN. The summed E-state index contributed by atoms with van der Waals surface area (Å²) < 4.78 is 0. The highest BCUT2D eigenvalue weighted by Crippen LogP contribution is 2.07. The van der Waals surface area contributed by atoms with Crippen LogP contribution in [-0.2, 0) is 0 Å². The van der Waals surface area contributed by atoms with Gasteiger partial charge in [-0.1, -0.05) is 20.3 Å². The van der Waals surface area contributed by atoms with Crippen LogP contribution in [0.5, 0.6) is 0 Å². The van der Waals surface area contributed by atoms with Gasteiger partial charge in [0.15, 0.2) is 0 Å². The van der Waals surface area contributed by atoms with Crippen LogP contribution in [-0.4, -0.2) is 0 Å². The standard InChI is InChI=1S/C7H13N.ClH/c1-3-5-7(4-2)6-8;/h7H,3-5H2,1-2H3;1H. The van der Waals surface area contributed by atoms with Crippen LogP contribution in [0.15, 0.2) is 0 Å². The van der Waals surface area contributed by atoms with Crippen molar-refractivity contribution in [1.29, 1.82) is 5.26 Å². The molecular weight excluding hydrogens is 134 g/mol. The molecule has 54 valence electrons. The first-order chi connectivity index (χ1) is 3.85. The lowest BCUT2D eigenvalue weighted by molar-refractivity contribution is 0.575. The fraction of sp³-hybridized carbons (Fsp3) is 0.857. The molecule has 0 aliphatic rings. The molecule has 0 bridgehead atoms. The highest BCUT2D eigenvalue weighted by Gasteiger charge is 1.99. The predicted octanol–water partition coefficient (Wildman–Crippen LogP) is 2.76. The Labute approximate surface area is 63.5 Å². The van der Waals surface area contributed by atoms with E-state index in [0.717, 1.165) is 19.3 Å². The lowest BCUT2D eigenvalue weighted by Gasteiger charge is -1.99. The molecule has 0 heterocycles. The van der Waals surface area contributed by atoms with Crippen LogP contribution in [0.25, 0.3) is 0 Å². The SMILES string of the molecule is CCCC(C#N)CC.Cl. The van der Waals surface area contributed by atoms with Crippen molar-refractivity contribution in [3.8, 4) is 6.07 Å². The third-order valence-corrected chi connectivity index (χ3v) is 1.31. The first-order valence-electron chi connectivity index (χ1n) is 3.24. The number of nitriles is 1. The maximum atomic E-state index is 8.41. The van der Waals surface area contributed by atoms with Gasteiger partial charge in [0.1, 0.15) is 0 Å². The summed E-state index contributed by atoms with van der Waals surface area (Å²) in [5.41, 5.74) is 0. The van der Waals surface area contributed by atoms with E-state index in [9.17, 15) is 0 Å². The second-order valence-corrected chi connectivity index (χ2v) is 2.02. The van der Waals surface area contributed by atoms with Crippen LogP contribution in [0.4, 0.5) is 0 Å². The predicted molar refractivity (Wildman–Crippen MR) is 41.6 cm³/mol. The fourth-order valence-corrected chi connectivity index (χ4v) is 0.708. The van der Waals surface area contributed by atoms with E-state index in [1.807, 2.05) is 0 Å². The Morgan fingerprint density at radius 3 is 2.11 bits per heavy atom. The summed E-state index contributed by atoms with van der Waals surface area (Å²) in [7, 11) is 0. The number of hydrogen-bond donors (Lipinski definition) is 0. The molecule has 0 aromatic rings. The molecule has 2 heteroatoms. The summed E-state index contributed by atoms with van der Waals surface area (Å²) in [6, 6.07) is 2.25. The zero-order valence-corrected chi connectivity index (χ0v) is 6.87. The average Bonchev–Trinajstić information content (AvgIpc) is 1.83. The molecule has 0 saturated carbocycles. The van der Waals surface area contributed by atoms with E-state index >= 15 is 0 Å². The van der Waals surface area contributed by atoms with Crippen LogP contribution in [0.2, 0.25) is 0 Å². The fourth-order valence-electron chi connectivity index (χ4n) is 0.708. The molecule has 0 amide bonds. The van der Waals surface area contributed by atoms with Gasteiger partial charge in [0, 0.05) is 5.92 Å². The van der Waals surface area contributed by atoms with E-state index in [-0.39, 0.29) is 12.4 Å². The van der Waals surface area contributed by atoms with Crippen molar-refractivity contribution >= 4 is 12.4 Å². The molecule has 1 nitrogen and oxygen atoms in total. The third kappa shape index (κ3) is 5.65. The Bertz CT molecular complexity index is 85.4. The molecule has 0 aromatic heterocycles. The van der Waals surface area contributed by atoms with Gasteiger partial charge in [-0.25, -0.2) is 0 Å². The highest BCUT2D eigenvalue weighted by molar-refractivity contribution is 5.85. The first kappa shape index (κ1) is 11.6. The van der Waals surface area contributed by atoms with Crippen molar-refractivity contribution in [3.63, 3.8) is 0 Å². The van der Waals surface area contributed by atoms with Crippen molar-refractivity contribution in [2.75, 3.05) is 0 Å². The van der Waals surface area contributed by atoms with Gasteiger partial charge in [-0.2, -0.15) is 5.26 Å². The summed E-state index contributed by atoms with van der Waals surface area (Å²) in [6.45, 7) is 4.17. The molecule has 0 radical (unpaired) electrons. The summed E-state index contributed by atoms with van der Waals surface area (Å²) in [5.74, 6) is 0.306. The molecule has 0 fully saturated rings. The van der Waals surface area contributed by atoms with Crippen molar-refractivity contribution < 1.29 is 0 Å². The summed E-state index contributed by atoms with van der Waals surface area (Å²) in [6.07, 6.45) is 3.20. The van der Waals surface area contributed by atoms with Gasteiger partial charge in [0.05, 0.1) is 6.07 Å². The normalized spacial score (nSPS) is 11.2. The molecule has 0 spiro atoms. The number of rotatable bonds is 3. The van der Waals surface area contributed by atoms with Gasteiger partial charge in [0.2, 0.25) is 0 Å². The molecule has 0 saturated heterocycles. The maximum Gasteiger partial charge on any atom is 0.0655 e. The van der Waals surface area contributed by atoms with Crippen LogP contribution >= 0.6 is 12.4 Å². The molecule has 0 aliphatic heterocycles. The van der Waals surface area contributed by atoms with Crippen molar-refractivity contribution in [1.82, 2.24) is 0 Å².